The van der Waals surface area contributed by atoms with E-state index in [0.717, 1.165) is 50.4 Å². The van der Waals surface area contributed by atoms with Crippen molar-refractivity contribution in [1.82, 2.24) is 9.13 Å². The second kappa shape index (κ2) is 11.7. The van der Waals surface area contributed by atoms with E-state index in [9.17, 15) is 0 Å². The molecule has 4 nitrogen and oxygen atoms in total. The van der Waals surface area contributed by atoms with Gasteiger partial charge in [0.2, 0.25) is 0 Å². The molecule has 0 radical (unpaired) electrons. The van der Waals surface area contributed by atoms with Gasteiger partial charge in [0, 0.05) is 60.8 Å². The smallest absolute Gasteiger partial charge is 0.135 e. The summed E-state index contributed by atoms with van der Waals surface area (Å²) in [5, 5.41) is 7.29. The molecule has 0 amide bonds. The van der Waals surface area contributed by atoms with Crippen molar-refractivity contribution in [2.24, 2.45) is 0 Å². The average Bonchev–Trinajstić information content (AvgIpc) is 3.86. The lowest BCUT2D eigenvalue weighted by Crippen LogP contribution is -2.10. The predicted molar refractivity (Wildman–Crippen MR) is 227 cm³/mol. The number of aryl methyl sites for hydroxylation is 2. The summed E-state index contributed by atoms with van der Waals surface area (Å²) in [7, 11) is 0. The number of benzene rings is 8. The van der Waals surface area contributed by atoms with E-state index >= 15 is 0 Å². The van der Waals surface area contributed by atoms with Crippen molar-refractivity contribution in [3.05, 3.63) is 187 Å². The van der Waals surface area contributed by atoms with Crippen LogP contribution in [-0.2, 0) is 0 Å². The summed E-state index contributed by atoms with van der Waals surface area (Å²) in [5.41, 5.74) is 14.6. The molecule has 0 atom stereocenters. The van der Waals surface area contributed by atoms with E-state index in [0.29, 0.717) is 0 Å². The van der Waals surface area contributed by atoms with E-state index in [2.05, 4.69) is 192 Å². The molecule has 0 N–H and O–H groups in total. The number of para-hydroxylation sites is 3. The first-order chi connectivity index (χ1) is 26.6. The molecule has 0 aliphatic carbocycles. The lowest BCUT2D eigenvalue weighted by molar-refractivity contribution is 0.669. The number of fused-ring (bicyclic) bond motifs is 9. The molecule has 54 heavy (non-hydrogen) atoms. The summed E-state index contributed by atoms with van der Waals surface area (Å²) in [6, 6.07) is 63.6. The molecule has 256 valence electrons. The summed E-state index contributed by atoms with van der Waals surface area (Å²) in [6.45, 7) is 4.34. The SMILES string of the molecule is Cc1ccc2c(c1)c1cc(C)ccc1n2-c1ccc(N(c2ccc(-n3c4ccccc4c4ccccc43)cc2)c2ccc3oc4ccccc4c3c2)cc1. The third-order valence-corrected chi connectivity index (χ3v) is 11.0. The summed E-state index contributed by atoms with van der Waals surface area (Å²) in [6.07, 6.45) is 0. The van der Waals surface area contributed by atoms with Crippen LogP contribution in [0, 0.1) is 13.8 Å². The molecule has 3 heterocycles. The van der Waals surface area contributed by atoms with E-state index in [1.807, 2.05) is 12.1 Å². The molecular formula is C50H35N3O. The Morgan fingerprint density at radius 3 is 1.35 bits per heavy atom. The van der Waals surface area contributed by atoms with E-state index in [4.69, 9.17) is 4.42 Å². The first-order valence-corrected chi connectivity index (χ1v) is 18.5. The zero-order chi connectivity index (χ0) is 35.9. The molecule has 3 aromatic heterocycles. The largest absolute Gasteiger partial charge is 0.456 e. The minimum atomic E-state index is 0.883. The Labute approximate surface area is 312 Å². The Morgan fingerprint density at radius 1 is 0.352 bits per heavy atom. The second-order valence-electron chi connectivity index (χ2n) is 14.4. The van der Waals surface area contributed by atoms with Crippen LogP contribution in [0.4, 0.5) is 17.1 Å². The first-order valence-electron chi connectivity index (χ1n) is 18.5. The Kier molecular flexibility index (Phi) is 6.65. The van der Waals surface area contributed by atoms with Gasteiger partial charge in [0.05, 0.1) is 22.1 Å². The molecule has 0 saturated heterocycles. The summed E-state index contributed by atoms with van der Waals surface area (Å²) < 4.78 is 11.0. The van der Waals surface area contributed by atoms with Crippen LogP contribution in [0.15, 0.2) is 180 Å². The van der Waals surface area contributed by atoms with Gasteiger partial charge in [-0.1, -0.05) is 77.9 Å². The van der Waals surface area contributed by atoms with E-state index in [-0.39, 0.29) is 0 Å². The molecule has 4 heteroatoms. The highest BCUT2D eigenvalue weighted by Crippen LogP contribution is 2.41. The maximum Gasteiger partial charge on any atom is 0.135 e. The van der Waals surface area contributed by atoms with Crippen molar-refractivity contribution in [3.63, 3.8) is 0 Å². The van der Waals surface area contributed by atoms with Crippen molar-refractivity contribution < 1.29 is 4.42 Å². The number of nitrogens with zero attached hydrogens (tertiary/aromatic N) is 3. The Hall–Kier alpha value is -7.04. The molecular weight excluding hydrogens is 659 g/mol. The van der Waals surface area contributed by atoms with Crippen LogP contribution >= 0.6 is 0 Å². The molecule has 0 saturated carbocycles. The Morgan fingerprint density at radius 2 is 0.796 bits per heavy atom. The molecule has 0 fully saturated rings. The van der Waals surface area contributed by atoms with Gasteiger partial charge in [0.25, 0.3) is 0 Å². The maximum absolute atomic E-state index is 6.24. The van der Waals surface area contributed by atoms with Gasteiger partial charge in [-0.2, -0.15) is 0 Å². The van der Waals surface area contributed by atoms with Gasteiger partial charge < -0.3 is 18.5 Å². The third kappa shape index (κ3) is 4.63. The molecule has 0 aliphatic heterocycles. The van der Waals surface area contributed by atoms with Crippen LogP contribution in [0.1, 0.15) is 11.1 Å². The number of furan rings is 1. The minimum absolute atomic E-state index is 0.883. The van der Waals surface area contributed by atoms with Crippen LogP contribution < -0.4 is 4.90 Å². The number of hydrogen-bond acceptors (Lipinski definition) is 2. The number of hydrogen-bond donors (Lipinski definition) is 0. The Bertz CT molecular complexity index is 3120. The highest BCUT2D eigenvalue weighted by atomic mass is 16.3. The van der Waals surface area contributed by atoms with Crippen molar-refractivity contribution >= 4 is 82.6 Å². The van der Waals surface area contributed by atoms with E-state index < -0.39 is 0 Å². The fourth-order valence-corrected chi connectivity index (χ4v) is 8.53. The van der Waals surface area contributed by atoms with Gasteiger partial charge >= 0.3 is 0 Å². The van der Waals surface area contributed by atoms with E-state index in [1.54, 1.807) is 0 Å². The minimum Gasteiger partial charge on any atom is -0.456 e. The van der Waals surface area contributed by atoms with Crippen LogP contribution in [0.2, 0.25) is 0 Å². The Balaban J connectivity index is 1.07. The lowest BCUT2D eigenvalue weighted by Gasteiger charge is -2.26. The van der Waals surface area contributed by atoms with Gasteiger partial charge in [0.1, 0.15) is 11.2 Å². The summed E-state index contributed by atoms with van der Waals surface area (Å²) in [5.74, 6) is 0. The van der Waals surface area contributed by atoms with Crippen molar-refractivity contribution in [1.29, 1.82) is 0 Å². The van der Waals surface area contributed by atoms with E-state index in [1.165, 1.54) is 54.7 Å². The number of rotatable bonds is 5. The van der Waals surface area contributed by atoms with Gasteiger partial charge in [-0.15, -0.1) is 0 Å². The summed E-state index contributed by atoms with van der Waals surface area (Å²) >= 11 is 0. The van der Waals surface area contributed by atoms with Gasteiger partial charge in [-0.3, -0.25) is 0 Å². The van der Waals surface area contributed by atoms with Gasteiger partial charge in [-0.25, -0.2) is 0 Å². The zero-order valence-electron chi connectivity index (χ0n) is 30.0. The molecule has 0 spiro atoms. The highest BCUT2D eigenvalue weighted by molar-refractivity contribution is 6.11. The van der Waals surface area contributed by atoms with Crippen LogP contribution in [0.3, 0.4) is 0 Å². The van der Waals surface area contributed by atoms with Crippen molar-refractivity contribution in [2.45, 2.75) is 13.8 Å². The zero-order valence-corrected chi connectivity index (χ0v) is 30.0. The van der Waals surface area contributed by atoms with Gasteiger partial charge in [-0.05, 0) is 123 Å². The standard InChI is InChI=1S/C50H35N3O/c1-32-15-26-47-42(29-32)43-30-33(2)16-27-48(43)53(47)37-23-19-35(20-24-37)51(38-25-28-50-44(31-38)41-11-5-8-14-49(41)54-50)34-17-21-36(22-18-34)52-45-12-6-3-9-39(45)40-10-4-7-13-46(40)52/h3-31H,1-2H3. The second-order valence-corrected chi connectivity index (χ2v) is 14.4. The maximum atomic E-state index is 6.24. The van der Waals surface area contributed by atoms with Crippen LogP contribution in [0.25, 0.3) is 76.9 Å². The predicted octanol–water partition coefficient (Wildman–Crippen LogP) is 13.9. The average molecular weight is 694 g/mol. The highest BCUT2D eigenvalue weighted by Gasteiger charge is 2.19. The molecule has 11 rings (SSSR count). The van der Waals surface area contributed by atoms with Crippen molar-refractivity contribution in [3.8, 4) is 11.4 Å². The normalized spacial score (nSPS) is 11.9. The van der Waals surface area contributed by atoms with Gasteiger partial charge in [0.15, 0.2) is 0 Å². The fraction of sp³-hybridized carbons (Fsp3) is 0.0400. The van der Waals surface area contributed by atoms with Crippen LogP contribution in [-0.4, -0.2) is 9.13 Å². The quantitative estimate of drug-likeness (QED) is 0.179. The summed E-state index contributed by atoms with van der Waals surface area (Å²) in [4.78, 5) is 2.35. The molecule has 0 aliphatic rings. The number of aromatic nitrogens is 2. The number of anilines is 3. The topological polar surface area (TPSA) is 26.2 Å². The first kappa shape index (κ1) is 30.6. The monoisotopic (exact) mass is 693 g/mol. The molecule has 8 aromatic carbocycles. The third-order valence-electron chi connectivity index (χ3n) is 11.0. The fourth-order valence-electron chi connectivity index (χ4n) is 8.53. The molecule has 11 aromatic rings. The van der Waals surface area contributed by atoms with Crippen molar-refractivity contribution in [2.75, 3.05) is 4.90 Å². The molecule has 0 bridgehead atoms. The molecule has 0 unspecified atom stereocenters. The lowest BCUT2D eigenvalue weighted by atomic mass is 10.1. The van der Waals surface area contributed by atoms with Crippen LogP contribution in [0.5, 0.6) is 0 Å².